The molecule has 1 heterocycles. The maximum Gasteiger partial charge on any atom is 0.191 e. The van der Waals surface area contributed by atoms with Crippen molar-refractivity contribution in [3.05, 3.63) is 16.1 Å². The van der Waals surface area contributed by atoms with Crippen LogP contribution in [0.25, 0.3) is 0 Å². The highest BCUT2D eigenvalue weighted by molar-refractivity contribution is 14.0. The third-order valence-corrected chi connectivity index (χ3v) is 4.91. The Hall–Kier alpha value is -0.370. The van der Waals surface area contributed by atoms with Gasteiger partial charge in [-0.1, -0.05) is 26.2 Å². The highest BCUT2D eigenvalue weighted by atomic mass is 127. The molecule has 1 aliphatic rings. The Labute approximate surface area is 149 Å². The second-order valence-corrected chi connectivity index (χ2v) is 6.89. The zero-order valence-electron chi connectivity index (χ0n) is 13.2. The molecule has 1 aromatic rings. The van der Waals surface area contributed by atoms with E-state index in [1.54, 1.807) is 11.3 Å². The Morgan fingerprint density at radius 1 is 1.48 bits per heavy atom. The lowest BCUT2D eigenvalue weighted by Gasteiger charge is -2.30. The van der Waals surface area contributed by atoms with Crippen LogP contribution < -0.4 is 10.6 Å². The van der Waals surface area contributed by atoms with E-state index in [2.05, 4.69) is 34.5 Å². The van der Waals surface area contributed by atoms with Crippen LogP contribution >= 0.6 is 35.3 Å². The fourth-order valence-corrected chi connectivity index (χ4v) is 3.55. The number of thiazole rings is 1. The summed E-state index contributed by atoms with van der Waals surface area (Å²) < 4.78 is 0. The standard InChI is InChI=1S/C15H26N4S.HI/c1-4-12-6-5-7-13(8-12)19-15(16-3)18-10-14-17-9-11(2)20-14;/h9,12-13H,4-8,10H2,1-3H3,(H2,16,18,19);1H. The molecule has 0 amide bonds. The number of guanidine groups is 1. The molecule has 21 heavy (non-hydrogen) atoms. The lowest BCUT2D eigenvalue weighted by atomic mass is 9.84. The van der Waals surface area contributed by atoms with E-state index in [9.17, 15) is 0 Å². The minimum Gasteiger partial charge on any atom is -0.354 e. The van der Waals surface area contributed by atoms with Gasteiger partial charge in [-0.05, 0) is 25.7 Å². The Kier molecular flexibility index (Phi) is 8.55. The van der Waals surface area contributed by atoms with Crippen LogP contribution in [0.5, 0.6) is 0 Å². The van der Waals surface area contributed by atoms with Crippen LogP contribution in [0.1, 0.15) is 48.9 Å². The molecule has 1 fully saturated rings. The molecule has 0 saturated heterocycles. The quantitative estimate of drug-likeness (QED) is 0.442. The molecule has 1 aromatic heterocycles. The molecule has 0 spiro atoms. The van der Waals surface area contributed by atoms with E-state index in [1.165, 1.54) is 37.0 Å². The number of aliphatic imine (C=N–C) groups is 1. The first kappa shape index (κ1) is 18.7. The molecular formula is C15H27IN4S. The first-order chi connectivity index (χ1) is 9.71. The molecule has 4 nitrogen and oxygen atoms in total. The predicted molar refractivity (Wildman–Crippen MR) is 102 cm³/mol. The van der Waals surface area contributed by atoms with E-state index < -0.39 is 0 Å². The topological polar surface area (TPSA) is 49.3 Å². The number of halogens is 1. The number of aryl methyl sites for hydroxylation is 1. The highest BCUT2D eigenvalue weighted by Crippen LogP contribution is 2.26. The van der Waals surface area contributed by atoms with Crippen LogP contribution in [-0.2, 0) is 6.54 Å². The van der Waals surface area contributed by atoms with Crippen molar-refractivity contribution in [2.75, 3.05) is 7.05 Å². The van der Waals surface area contributed by atoms with Gasteiger partial charge < -0.3 is 10.6 Å². The van der Waals surface area contributed by atoms with E-state index in [1.807, 2.05) is 13.2 Å². The number of aromatic nitrogens is 1. The zero-order chi connectivity index (χ0) is 14.4. The highest BCUT2D eigenvalue weighted by Gasteiger charge is 2.21. The fraction of sp³-hybridized carbons (Fsp3) is 0.733. The number of hydrogen-bond acceptors (Lipinski definition) is 3. The average Bonchev–Trinajstić information content (AvgIpc) is 2.89. The van der Waals surface area contributed by atoms with Gasteiger partial charge in [0, 0.05) is 24.2 Å². The van der Waals surface area contributed by atoms with Crippen molar-refractivity contribution < 1.29 is 0 Å². The summed E-state index contributed by atoms with van der Waals surface area (Å²) in [7, 11) is 1.84. The van der Waals surface area contributed by atoms with Crippen LogP contribution in [0.4, 0.5) is 0 Å². The number of rotatable bonds is 4. The summed E-state index contributed by atoms with van der Waals surface area (Å²) in [5, 5.41) is 8.04. The van der Waals surface area contributed by atoms with Crippen LogP contribution in [-0.4, -0.2) is 24.0 Å². The fourth-order valence-electron chi connectivity index (χ4n) is 2.82. The van der Waals surface area contributed by atoms with E-state index in [-0.39, 0.29) is 24.0 Å². The molecule has 1 aliphatic carbocycles. The molecule has 0 radical (unpaired) electrons. The number of nitrogens with zero attached hydrogens (tertiary/aromatic N) is 2. The molecule has 1 saturated carbocycles. The molecule has 2 unspecified atom stereocenters. The minimum atomic E-state index is 0. The van der Waals surface area contributed by atoms with Crippen LogP contribution in [0.15, 0.2) is 11.2 Å². The predicted octanol–water partition coefficient (Wildman–Crippen LogP) is 3.70. The second kappa shape index (κ2) is 9.61. The van der Waals surface area contributed by atoms with Crippen LogP contribution in [0, 0.1) is 12.8 Å². The van der Waals surface area contributed by atoms with Gasteiger partial charge in [-0.25, -0.2) is 4.98 Å². The van der Waals surface area contributed by atoms with Gasteiger partial charge >= 0.3 is 0 Å². The van der Waals surface area contributed by atoms with E-state index in [0.29, 0.717) is 6.04 Å². The molecule has 2 N–H and O–H groups in total. The molecule has 120 valence electrons. The first-order valence-corrected chi connectivity index (χ1v) is 8.41. The number of nitrogens with one attached hydrogen (secondary N) is 2. The SMILES string of the molecule is CCC1CCCC(NC(=NC)NCc2ncc(C)s2)C1.I. The van der Waals surface area contributed by atoms with Crippen molar-refractivity contribution in [2.24, 2.45) is 10.9 Å². The second-order valence-electron chi connectivity index (χ2n) is 5.57. The Bertz CT molecular complexity index is 447. The summed E-state index contributed by atoms with van der Waals surface area (Å²) in [5.41, 5.74) is 0. The van der Waals surface area contributed by atoms with Gasteiger partial charge in [0.15, 0.2) is 5.96 Å². The molecular weight excluding hydrogens is 395 g/mol. The molecule has 2 atom stereocenters. The number of hydrogen-bond donors (Lipinski definition) is 2. The van der Waals surface area contributed by atoms with E-state index in [0.717, 1.165) is 23.4 Å². The monoisotopic (exact) mass is 422 g/mol. The smallest absolute Gasteiger partial charge is 0.191 e. The molecule has 6 heteroatoms. The average molecular weight is 422 g/mol. The lowest BCUT2D eigenvalue weighted by Crippen LogP contribution is -2.45. The summed E-state index contributed by atoms with van der Waals surface area (Å²) in [6.07, 6.45) is 8.46. The molecule has 0 bridgehead atoms. The maximum absolute atomic E-state index is 4.37. The van der Waals surface area contributed by atoms with Gasteiger partial charge in [0.1, 0.15) is 5.01 Å². The Morgan fingerprint density at radius 2 is 2.29 bits per heavy atom. The van der Waals surface area contributed by atoms with Crippen molar-refractivity contribution in [3.63, 3.8) is 0 Å². The molecule has 0 aromatic carbocycles. The van der Waals surface area contributed by atoms with Crippen LogP contribution in [0.3, 0.4) is 0 Å². The van der Waals surface area contributed by atoms with Crippen molar-refractivity contribution in [1.29, 1.82) is 0 Å². The minimum absolute atomic E-state index is 0. The first-order valence-electron chi connectivity index (χ1n) is 7.59. The molecule has 0 aliphatic heterocycles. The van der Waals surface area contributed by atoms with Gasteiger partial charge in [-0.2, -0.15) is 0 Å². The third kappa shape index (κ3) is 6.10. The van der Waals surface area contributed by atoms with Gasteiger partial charge in [0.05, 0.1) is 6.54 Å². The largest absolute Gasteiger partial charge is 0.354 e. The van der Waals surface area contributed by atoms with Gasteiger partial charge in [0.2, 0.25) is 0 Å². The zero-order valence-corrected chi connectivity index (χ0v) is 16.3. The van der Waals surface area contributed by atoms with Gasteiger partial charge in [-0.15, -0.1) is 35.3 Å². The van der Waals surface area contributed by atoms with Crippen LogP contribution in [0.2, 0.25) is 0 Å². The maximum atomic E-state index is 4.37. The van der Waals surface area contributed by atoms with Gasteiger partial charge in [0.25, 0.3) is 0 Å². The summed E-state index contributed by atoms with van der Waals surface area (Å²) in [6, 6.07) is 0.568. The van der Waals surface area contributed by atoms with E-state index in [4.69, 9.17) is 0 Å². The van der Waals surface area contributed by atoms with Crippen molar-refractivity contribution >= 4 is 41.3 Å². The van der Waals surface area contributed by atoms with Crippen molar-refractivity contribution in [2.45, 2.75) is 58.5 Å². The Balaban J connectivity index is 0.00000220. The van der Waals surface area contributed by atoms with E-state index >= 15 is 0 Å². The third-order valence-electron chi connectivity index (χ3n) is 4.00. The normalized spacial score (nSPS) is 22.5. The van der Waals surface area contributed by atoms with Crippen molar-refractivity contribution in [1.82, 2.24) is 15.6 Å². The van der Waals surface area contributed by atoms with Gasteiger partial charge in [-0.3, -0.25) is 4.99 Å². The molecule has 2 rings (SSSR count). The summed E-state index contributed by atoms with van der Waals surface area (Å²) in [4.78, 5) is 9.95. The summed E-state index contributed by atoms with van der Waals surface area (Å²) in [5.74, 6) is 1.78. The van der Waals surface area contributed by atoms with Crippen molar-refractivity contribution in [3.8, 4) is 0 Å². The summed E-state index contributed by atoms with van der Waals surface area (Å²) >= 11 is 1.73. The lowest BCUT2D eigenvalue weighted by molar-refractivity contribution is 0.298. The Morgan fingerprint density at radius 3 is 2.90 bits per heavy atom. The summed E-state index contributed by atoms with van der Waals surface area (Å²) in [6.45, 7) is 5.13.